The molecule has 0 spiro atoms. The molecule has 0 N–H and O–H groups in total. The Balaban J connectivity index is 0.000000747. The van der Waals surface area contributed by atoms with E-state index in [0.717, 1.165) is 48.1 Å². The number of allylic oxidation sites excluding steroid dienone is 8. The maximum Gasteiger partial charge on any atom is 0.202 e. The molecule has 0 radical (unpaired) electrons. The van der Waals surface area contributed by atoms with Gasteiger partial charge in [-0.3, -0.25) is 4.79 Å². The SMILES string of the molecule is C#C.C#C/C=C\C=C(\F)CCCCC1=CCCC=C1C(=O)c1cccs1.C1CC1. The van der Waals surface area contributed by atoms with Crippen LogP contribution in [0.1, 0.15) is 67.5 Å². The van der Waals surface area contributed by atoms with Crippen LogP contribution in [0.4, 0.5) is 4.39 Å². The number of terminal acetylenes is 2. The fraction of sp³-hybridized carbons (Fsp3) is 0.346. The van der Waals surface area contributed by atoms with Crippen LogP contribution in [0.15, 0.2) is 64.9 Å². The van der Waals surface area contributed by atoms with E-state index in [1.165, 1.54) is 42.8 Å². The summed E-state index contributed by atoms with van der Waals surface area (Å²) in [6.45, 7) is 0. The molecule has 1 nitrogen and oxygen atoms in total. The summed E-state index contributed by atoms with van der Waals surface area (Å²) in [7, 11) is 0. The Kier molecular flexibility index (Phi) is 12.9. The Morgan fingerprint density at radius 2 is 1.90 bits per heavy atom. The number of thiophene rings is 1. The van der Waals surface area contributed by atoms with Crippen molar-refractivity contribution in [2.45, 2.75) is 57.8 Å². The number of Topliss-reactive ketones (excluding diaryl/α,β-unsaturated/α-hetero) is 1. The quantitative estimate of drug-likeness (QED) is 0.187. The van der Waals surface area contributed by atoms with Crippen LogP contribution in [-0.4, -0.2) is 5.78 Å². The molecule has 152 valence electrons. The van der Waals surface area contributed by atoms with E-state index in [2.05, 4.69) is 24.8 Å². The van der Waals surface area contributed by atoms with Crippen molar-refractivity contribution in [1.82, 2.24) is 0 Å². The number of carbonyl (C=O) groups excluding carboxylic acids is 1. The largest absolute Gasteiger partial charge is 0.288 e. The van der Waals surface area contributed by atoms with E-state index in [1.807, 2.05) is 23.6 Å². The molecule has 3 rings (SSSR count). The molecular formula is C26H29FOS. The van der Waals surface area contributed by atoms with Crippen molar-refractivity contribution in [3.63, 3.8) is 0 Å². The van der Waals surface area contributed by atoms with Gasteiger partial charge in [0, 0.05) is 5.57 Å². The van der Waals surface area contributed by atoms with Gasteiger partial charge in [-0.1, -0.05) is 49.5 Å². The Morgan fingerprint density at radius 1 is 1.17 bits per heavy atom. The van der Waals surface area contributed by atoms with E-state index in [4.69, 9.17) is 6.42 Å². The van der Waals surface area contributed by atoms with Gasteiger partial charge in [0.1, 0.15) is 0 Å². The average Bonchev–Trinajstić information content (AvgIpc) is 3.55. The van der Waals surface area contributed by atoms with E-state index in [1.54, 1.807) is 6.08 Å². The maximum atomic E-state index is 13.5. The van der Waals surface area contributed by atoms with Gasteiger partial charge in [-0.25, -0.2) is 4.39 Å². The Bertz CT molecular complexity index is 793. The Morgan fingerprint density at radius 3 is 2.52 bits per heavy atom. The normalized spacial score (nSPS) is 15.0. The molecule has 1 saturated carbocycles. The molecule has 29 heavy (non-hydrogen) atoms. The first-order valence-corrected chi connectivity index (χ1v) is 10.9. The second-order valence-electron chi connectivity index (χ2n) is 6.64. The fourth-order valence-corrected chi connectivity index (χ4v) is 3.32. The lowest BCUT2D eigenvalue weighted by Gasteiger charge is -2.15. The number of carbonyl (C=O) groups is 1. The number of unbranched alkanes of at least 4 members (excludes halogenated alkanes) is 1. The molecule has 0 atom stereocenters. The van der Waals surface area contributed by atoms with E-state index >= 15 is 0 Å². The van der Waals surface area contributed by atoms with Crippen molar-refractivity contribution in [3.05, 3.63) is 69.7 Å². The molecule has 0 aromatic carbocycles. The highest BCUT2D eigenvalue weighted by molar-refractivity contribution is 7.12. The summed E-state index contributed by atoms with van der Waals surface area (Å²) in [5.41, 5.74) is 1.94. The zero-order chi connectivity index (χ0) is 21.3. The van der Waals surface area contributed by atoms with Gasteiger partial charge in [0.2, 0.25) is 5.78 Å². The summed E-state index contributed by atoms with van der Waals surface area (Å²) < 4.78 is 13.5. The summed E-state index contributed by atoms with van der Waals surface area (Å²) in [4.78, 5) is 13.3. The molecule has 0 amide bonds. The first-order valence-electron chi connectivity index (χ1n) is 10.0. The van der Waals surface area contributed by atoms with Crippen LogP contribution in [0.25, 0.3) is 0 Å². The second kappa shape index (κ2) is 15.3. The third-order valence-electron chi connectivity index (χ3n) is 4.18. The van der Waals surface area contributed by atoms with Gasteiger partial charge in [-0.2, -0.15) is 0 Å². The highest BCUT2D eigenvalue weighted by Crippen LogP contribution is 2.28. The van der Waals surface area contributed by atoms with Gasteiger partial charge in [-0.15, -0.1) is 30.6 Å². The van der Waals surface area contributed by atoms with Crippen LogP contribution in [0.2, 0.25) is 0 Å². The zero-order valence-electron chi connectivity index (χ0n) is 16.9. The summed E-state index contributed by atoms with van der Waals surface area (Å²) in [6.07, 6.45) is 30.9. The van der Waals surface area contributed by atoms with Crippen molar-refractivity contribution in [1.29, 1.82) is 0 Å². The monoisotopic (exact) mass is 408 g/mol. The minimum absolute atomic E-state index is 0.112. The van der Waals surface area contributed by atoms with Gasteiger partial charge in [-0.05, 0) is 67.7 Å². The van der Waals surface area contributed by atoms with E-state index in [9.17, 15) is 9.18 Å². The third-order valence-corrected chi connectivity index (χ3v) is 5.04. The van der Waals surface area contributed by atoms with E-state index in [0.29, 0.717) is 6.42 Å². The predicted octanol–water partition coefficient (Wildman–Crippen LogP) is 7.60. The third kappa shape index (κ3) is 10.5. The fourth-order valence-electron chi connectivity index (χ4n) is 2.64. The number of hydrogen-bond donors (Lipinski definition) is 0. The van der Waals surface area contributed by atoms with E-state index < -0.39 is 0 Å². The van der Waals surface area contributed by atoms with Gasteiger partial charge in [0.25, 0.3) is 0 Å². The van der Waals surface area contributed by atoms with Crippen LogP contribution in [-0.2, 0) is 0 Å². The molecule has 1 fully saturated rings. The van der Waals surface area contributed by atoms with Gasteiger partial charge < -0.3 is 0 Å². The molecule has 0 unspecified atom stereocenters. The van der Waals surface area contributed by atoms with Crippen molar-refractivity contribution in [2.24, 2.45) is 0 Å². The number of halogens is 1. The molecule has 0 aliphatic heterocycles. The van der Waals surface area contributed by atoms with Gasteiger partial charge in [0.15, 0.2) is 0 Å². The predicted molar refractivity (Wildman–Crippen MR) is 123 cm³/mol. The lowest BCUT2D eigenvalue weighted by molar-refractivity contribution is 0.103. The zero-order valence-corrected chi connectivity index (χ0v) is 17.7. The summed E-state index contributed by atoms with van der Waals surface area (Å²) >= 11 is 1.47. The number of rotatable bonds is 8. The summed E-state index contributed by atoms with van der Waals surface area (Å²) in [5, 5.41) is 1.92. The highest BCUT2D eigenvalue weighted by atomic mass is 32.1. The van der Waals surface area contributed by atoms with Crippen molar-refractivity contribution < 1.29 is 9.18 Å². The molecular weight excluding hydrogens is 379 g/mol. The Hall–Kier alpha value is -2.62. The van der Waals surface area contributed by atoms with Crippen LogP contribution >= 0.6 is 11.3 Å². The van der Waals surface area contributed by atoms with Crippen molar-refractivity contribution >= 4 is 17.1 Å². The minimum Gasteiger partial charge on any atom is -0.288 e. The van der Waals surface area contributed by atoms with Crippen molar-refractivity contribution in [2.75, 3.05) is 0 Å². The first-order chi connectivity index (χ1) is 14.2. The summed E-state index contributed by atoms with van der Waals surface area (Å²) in [6, 6.07) is 3.76. The first kappa shape index (κ1) is 24.4. The highest BCUT2D eigenvalue weighted by Gasteiger charge is 2.18. The molecule has 2 aliphatic rings. The van der Waals surface area contributed by atoms with Crippen LogP contribution in [0.5, 0.6) is 0 Å². The van der Waals surface area contributed by atoms with E-state index in [-0.39, 0.29) is 11.6 Å². The molecule has 3 heteroatoms. The smallest absolute Gasteiger partial charge is 0.202 e. The van der Waals surface area contributed by atoms with Crippen LogP contribution in [0, 0.1) is 25.2 Å². The molecule has 0 bridgehead atoms. The van der Waals surface area contributed by atoms with Crippen LogP contribution < -0.4 is 0 Å². The number of ketones is 1. The number of hydrogen-bond acceptors (Lipinski definition) is 2. The lowest BCUT2D eigenvalue weighted by atomic mass is 9.90. The Labute approximate surface area is 179 Å². The maximum absolute atomic E-state index is 13.5. The molecule has 1 aromatic heterocycles. The topological polar surface area (TPSA) is 17.1 Å². The molecule has 2 aliphatic carbocycles. The van der Waals surface area contributed by atoms with Gasteiger partial charge >= 0.3 is 0 Å². The van der Waals surface area contributed by atoms with Crippen molar-refractivity contribution in [3.8, 4) is 25.2 Å². The molecule has 1 heterocycles. The molecule has 0 saturated heterocycles. The summed E-state index contributed by atoms with van der Waals surface area (Å²) in [5.74, 6) is 2.27. The minimum atomic E-state index is -0.162. The van der Waals surface area contributed by atoms with Gasteiger partial charge in [0.05, 0.1) is 10.7 Å². The standard InChI is InChI=1S/C21H21FOS.C3H6.C2H2/c1-2-3-4-12-18(22)13-7-5-10-17-11-6-8-14-19(17)21(23)20-15-9-16-24-20;1-2-3-1;1-2/h1,3-4,9,11-12,14-16H,5-8,10,13H2;1-3H2;1-2H/b4-3-,18-12+;;. The average molecular weight is 409 g/mol. The molecule has 1 aromatic rings. The lowest BCUT2D eigenvalue weighted by Crippen LogP contribution is -2.07. The second-order valence-corrected chi connectivity index (χ2v) is 7.59. The van der Waals surface area contributed by atoms with Crippen LogP contribution in [0.3, 0.4) is 0 Å².